The maximum Gasteiger partial charge on any atom is 0.307 e. The molecule has 160 valence electrons. The average molecular weight is 430 g/mol. The van der Waals surface area contributed by atoms with E-state index in [0.717, 1.165) is 38.8 Å². The van der Waals surface area contributed by atoms with Crippen LogP contribution in [0.25, 0.3) is 0 Å². The van der Waals surface area contributed by atoms with Crippen molar-refractivity contribution in [2.75, 3.05) is 19.6 Å². The highest BCUT2D eigenvalue weighted by atomic mass is 32.2. The topological polar surface area (TPSA) is 102 Å². The summed E-state index contributed by atoms with van der Waals surface area (Å²) in [5, 5.41) is 18.5. The van der Waals surface area contributed by atoms with Crippen LogP contribution in [0.5, 0.6) is 0 Å². The van der Waals surface area contributed by atoms with E-state index >= 15 is 0 Å². The SMILES string of the molecule is N#Cc1ccccc1S(=O)(=O)N1C[C@@H]2CCCN3CCC[C@@H]([C@H]23)[C@H]1/C=C/CC(=O)O. The number of benzene rings is 1. The predicted molar refractivity (Wildman–Crippen MR) is 111 cm³/mol. The Hall–Kier alpha value is -2.21. The van der Waals surface area contributed by atoms with E-state index in [1.807, 2.05) is 6.07 Å². The van der Waals surface area contributed by atoms with Crippen LogP contribution in [0.1, 0.15) is 37.7 Å². The van der Waals surface area contributed by atoms with Crippen LogP contribution in [0.4, 0.5) is 0 Å². The molecule has 0 amide bonds. The zero-order chi connectivity index (χ0) is 21.3. The normalized spacial score (nSPS) is 30.0. The number of aliphatic carboxylic acids is 1. The highest BCUT2D eigenvalue weighted by Gasteiger charge is 2.51. The average Bonchev–Trinajstić information content (AvgIpc) is 2.75. The fourth-order valence-corrected chi connectivity index (χ4v) is 7.44. The largest absolute Gasteiger partial charge is 0.481 e. The van der Waals surface area contributed by atoms with Crippen molar-refractivity contribution in [1.29, 1.82) is 5.26 Å². The number of rotatable bonds is 5. The molecule has 8 heteroatoms. The number of sulfonamides is 1. The molecule has 4 rings (SSSR count). The van der Waals surface area contributed by atoms with Crippen molar-refractivity contribution in [1.82, 2.24) is 9.21 Å². The van der Waals surface area contributed by atoms with Crippen LogP contribution in [-0.2, 0) is 14.8 Å². The molecule has 0 aromatic heterocycles. The smallest absolute Gasteiger partial charge is 0.307 e. The first-order valence-corrected chi connectivity index (χ1v) is 12.0. The Kier molecular flexibility index (Phi) is 5.96. The number of nitrogens with zero attached hydrogens (tertiary/aromatic N) is 3. The second-order valence-electron chi connectivity index (χ2n) is 8.43. The minimum atomic E-state index is -3.90. The molecule has 3 saturated heterocycles. The molecule has 30 heavy (non-hydrogen) atoms. The third kappa shape index (κ3) is 3.78. The molecule has 1 aromatic carbocycles. The number of carboxylic acid groups (broad SMARTS) is 1. The summed E-state index contributed by atoms with van der Waals surface area (Å²) in [4.78, 5) is 13.6. The van der Waals surface area contributed by atoms with Gasteiger partial charge in [0.1, 0.15) is 6.07 Å². The van der Waals surface area contributed by atoms with Crippen molar-refractivity contribution in [3.05, 3.63) is 42.0 Å². The summed E-state index contributed by atoms with van der Waals surface area (Å²) in [5.74, 6) is -0.545. The van der Waals surface area contributed by atoms with Gasteiger partial charge in [-0.05, 0) is 62.7 Å². The Balaban J connectivity index is 1.76. The zero-order valence-corrected chi connectivity index (χ0v) is 17.7. The van der Waals surface area contributed by atoms with Crippen LogP contribution >= 0.6 is 0 Å². The number of hydrogen-bond acceptors (Lipinski definition) is 5. The number of hydrogen-bond donors (Lipinski definition) is 1. The van der Waals surface area contributed by atoms with Gasteiger partial charge in [0.25, 0.3) is 0 Å². The van der Waals surface area contributed by atoms with E-state index < -0.39 is 22.0 Å². The Morgan fingerprint density at radius 3 is 2.70 bits per heavy atom. The van der Waals surface area contributed by atoms with Crippen molar-refractivity contribution in [3.8, 4) is 6.07 Å². The lowest BCUT2D eigenvalue weighted by Gasteiger charge is -2.56. The molecule has 0 radical (unpaired) electrons. The Labute approximate surface area is 177 Å². The van der Waals surface area contributed by atoms with Gasteiger partial charge >= 0.3 is 5.97 Å². The lowest BCUT2D eigenvalue weighted by Crippen LogP contribution is -2.65. The third-order valence-electron chi connectivity index (χ3n) is 6.75. The summed E-state index contributed by atoms with van der Waals surface area (Å²) in [5.41, 5.74) is 0.141. The first kappa shape index (κ1) is 21.0. The summed E-state index contributed by atoms with van der Waals surface area (Å²) in [7, 11) is -3.90. The van der Waals surface area contributed by atoms with Crippen molar-refractivity contribution in [2.24, 2.45) is 11.8 Å². The maximum atomic E-state index is 13.7. The first-order chi connectivity index (χ1) is 14.4. The van der Waals surface area contributed by atoms with Gasteiger partial charge in [0.05, 0.1) is 16.9 Å². The molecule has 3 aliphatic heterocycles. The summed E-state index contributed by atoms with van der Waals surface area (Å²) in [6.45, 7) is 2.50. The number of nitriles is 1. The number of carbonyl (C=O) groups is 1. The number of carboxylic acids is 1. The molecular formula is C22H27N3O4S. The molecule has 0 saturated carbocycles. The molecule has 3 heterocycles. The van der Waals surface area contributed by atoms with E-state index in [0.29, 0.717) is 12.6 Å². The third-order valence-corrected chi connectivity index (χ3v) is 8.67. The zero-order valence-electron chi connectivity index (χ0n) is 16.9. The van der Waals surface area contributed by atoms with Crippen LogP contribution in [0.15, 0.2) is 41.3 Å². The van der Waals surface area contributed by atoms with Crippen LogP contribution in [0, 0.1) is 23.2 Å². The van der Waals surface area contributed by atoms with Crippen molar-refractivity contribution in [3.63, 3.8) is 0 Å². The molecular weight excluding hydrogens is 402 g/mol. The van der Waals surface area contributed by atoms with Crippen molar-refractivity contribution >= 4 is 16.0 Å². The summed E-state index contributed by atoms with van der Waals surface area (Å²) < 4.78 is 29.0. The molecule has 0 unspecified atom stereocenters. The molecule has 0 bridgehead atoms. The summed E-state index contributed by atoms with van der Waals surface area (Å²) in [6, 6.07) is 8.26. The Bertz CT molecular complexity index is 982. The molecule has 1 aromatic rings. The van der Waals surface area contributed by atoms with Gasteiger partial charge in [-0.1, -0.05) is 24.3 Å². The fourth-order valence-electron chi connectivity index (χ4n) is 5.61. The number of piperidine rings is 3. The lowest BCUT2D eigenvalue weighted by molar-refractivity contribution is -0.136. The van der Waals surface area contributed by atoms with Crippen molar-refractivity contribution < 1.29 is 18.3 Å². The quantitative estimate of drug-likeness (QED) is 0.722. The van der Waals surface area contributed by atoms with Crippen LogP contribution in [-0.4, -0.2) is 60.4 Å². The Morgan fingerprint density at radius 2 is 1.97 bits per heavy atom. The van der Waals surface area contributed by atoms with Gasteiger partial charge in [-0.15, -0.1) is 0 Å². The van der Waals surface area contributed by atoms with Crippen LogP contribution < -0.4 is 0 Å². The molecule has 4 atom stereocenters. The predicted octanol–water partition coefficient (Wildman–Crippen LogP) is 2.45. The fraction of sp³-hybridized carbons (Fsp3) is 0.545. The van der Waals surface area contributed by atoms with E-state index in [4.69, 9.17) is 5.11 Å². The molecule has 1 N–H and O–H groups in total. The van der Waals surface area contributed by atoms with Gasteiger partial charge in [0, 0.05) is 18.6 Å². The van der Waals surface area contributed by atoms with Gasteiger partial charge in [0.15, 0.2) is 0 Å². The first-order valence-electron chi connectivity index (χ1n) is 10.6. The highest BCUT2D eigenvalue weighted by Crippen LogP contribution is 2.44. The monoisotopic (exact) mass is 429 g/mol. The van der Waals surface area contributed by atoms with Crippen molar-refractivity contribution in [2.45, 2.75) is 49.1 Å². The van der Waals surface area contributed by atoms with E-state index in [9.17, 15) is 18.5 Å². The maximum absolute atomic E-state index is 13.7. The van der Waals surface area contributed by atoms with Gasteiger partial charge in [-0.3, -0.25) is 9.69 Å². The van der Waals surface area contributed by atoms with Crippen LogP contribution in [0.2, 0.25) is 0 Å². The minimum absolute atomic E-state index is 0.0334. The van der Waals surface area contributed by atoms with E-state index in [2.05, 4.69) is 4.90 Å². The second kappa shape index (κ2) is 8.50. The summed E-state index contributed by atoms with van der Waals surface area (Å²) in [6.07, 6.45) is 7.22. The molecule has 0 aliphatic carbocycles. The van der Waals surface area contributed by atoms with Gasteiger partial charge in [-0.2, -0.15) is 9.57 Å². The molecule has 3 aliphatic rings. The van der Waals surface area contributed by atoms with Gasteiger partial charge in [0.2, 0.25) is 10.0 Å². The lowest BCUT2D eigenvalue weighted by atomic mass is 9.70. The Morgan fingerprint density at radius 1 is 1.23 bits per heavy atom. The van der Waals surface area contributed by atoms with Gasteiger partial charge in [-0.25, -0.2) is 8.42 Å². The molecule has 3 fully saturated rings. The van der Waals surface area contributed by atoms with Crippen LogP contribution in [0.3, 0.4) is 0 Å². The summed E-state index contributed by atoms with van der Waals surface area (Å²) >= 11 is 0. The standard InChI is InChI=1S/C22H27N3O4S/c23-14-16-6-1-2-10-20(16)30(28,29)25-15-17-7-4-12-24-13-5-8-18(22(17)24)19(25)9-3-11-21(26)27/h1-3,6,9-10,17-19,22H,4-5,7-8,11-13,15H2,(H,26,27)/b9-3+/t17-,18+,19+,22-/m0/s1. The van der Waals surface area contributed by atoms with E-state index in [1.54, 1.807) is 28.6 Å². The van der Waals surface area contributed by atoms with E-state index in [-0.39, 0.29) is 28.7 Å². The van der Waals surface area contributed by atoms with E-state index in [1.165, 1.54) is 12.1 Å². The second-order valence-corrected chi connectivity index (χ2v) is 10.3. The minimum Gasteiger partial charge on any atom is -0.481 e. The van der Waals surface area contributed by atoms with Gasteiger partial charge < -0.3 is 5.11 Å². The highest BCUT2D eigenvalue weighted by molar-refractivity contribution is 7.89. The molecule has 7 nitrogen and oxygen atoms in total. The molecule has 0 spiro atoms.